The molecule has 0 unspecified atom stereocenters. The maximum atomic E-state index is 11.6. The van der Waals surface area contributed by atoms with Crippen LogP contribution in [0.4, 0.5) is 5.69 Å². The molecule has 3 aromatic rings. The Hall–Kier alpha value is -3.47. The number of methoxy groups -OCH3 is 1. The lowest BCUT2D eigenvalue weighted by molar-refractivity contribution is -0.141. The quantitative estimate of drug-likeness (QED) is 0.531. The second-order valence-electron chi connectivity index (χ2n) is 7.97. The van der Waals surface area contributed by atoms with Crippen LogP contribution in [0.1, 0.15) is 34.6 Å². The largest absolute Gasteiger partial charge is 0.507 e. The van der Waals surface area contributed by atoms with E-state index in [1.807, 2.05) is 42.5 Å². The second kappa shape index (κ2) is 8.72. The molecule has 0 aliphatic carbocycles. The fourth-order valence-electron chi connectivity index (χ4n) is 4.21. The zero-order valence-electron chi connectivity index (χ0n) is 18.1. The summed E-state index contributed by atoms with van der Waals surface area (Å²) < 4.78 is 10.6. The minimum absolute atomic E-state index is 0.0228. The molecule has 1 heterocycles. The number of rotatable bonds is 6. The van der Waals surface area contributed by atoms with Crippen molar-refractivity contribution in [2.75, 3.05) is 19.0 Å². The Bertz CT molecular complexity index is 1100. The third-order valence-electron chi connectivity index (χ3n) is 5.89. The average molecular weight is 418 g/mol. The molecule has 5 heteroatoms. The maximum Gasteiger partial charge on any atom is 0.306 e. The van der Waals surface area contributed by atoms with Gasteiger partial charge in [-0.1, -0.05) is 42.5 Å². The number of aryl methyl sites for hydroxylation is 2. The number of carbonyl (C=O) groups excluding carboxylic acids is 1. The van der Waals surface area contributed by atoms with Crippen LogP contribution in [0.3, 0.4) is 0 Å². The smallest absolute Gasteiger partial charge is 0.306 e. The van der Waals surface area contributed by atoms with Crippen molar-refractivity contribution < 1.29 is 19.4 Å². The van der Waals surface area contributed by atoms with Crippen molar-refractivity contribution in [1.29, 1.82) is 0 Å². The number of anilines is 1. The molecule has 5 nitrogen and oxygen atoms in total. The van der Waals surface area contributed by atoms with Gasteiger partial charge in [0.25, 0.3) is 0 Å². The minimum atomic E-state index is -0.233. The van der Waals surface area contributed by atoms with Gasteiger partial charge in [0.15, 0.2) is 0 Å². The molecule has 0 saturated carbocycles. The molecule has 31 heavy (non-hydrogen) atoms. The van der Waals surface area contributed by atoms with Crippen LogP contribution < -0.4 is 10.1 Å². The van der Waals surface area contributed by atoms with E-state index >= 15 is 0 Å². The molecule has 0 saturated heterocycles. The van der Waals surface area contributed by atoms with Crippen molar-refractivity contribution in [3.8, 4) is 22.6 Å². The highest BCUT2D eigenvalue weighted by atomic mass is 16.5. The molecule has 0 fully saturated rings. The SMILES string of the molecule is COC(=O)C[C@@H]1COc2cc(NCc3cccc(-c4c(C)cccc4C)c3O)ccc21. The molecule has 0 spiro atoms. The van der Waals surface area contributed by atoms with Gasteiger partial charge >= 0.3 is 5.97 Å². The summed E-state index contributed by atoms with van der Waals surface area (Å²) in [5.74, 6) is 0.868. The van der Waals surface area contributed by atoms with E-state index in [1.54, 1.807) is 0 Å². The van der Waals surface area contributed by atoms with Crippen molar-refractivity contribution in [2.24, 2.45) is 0 Å². The number of para-hydroxylation sites is 1. The topological polar surface area (TPSA) is 67.8 Å². The molecule has 1 atom stereocenters. The summed E-state index contributed by atoms with van der Waals surface area (Å²) >= 11 is 0. The zero-order valence-corrected chi connectivity index (χ0v) is 18.1. The van der Waals surface area contributed by atoms with Crippen LogP contribution in [0.15, 0.2) is 54.6 Å². The highest BCUT2D eigenvalue weighted by Crippen LogP contribution is 2.39. The van der Waals surface area contributed by atoms with Crippen LogP contribution in [0.5, 0.6) is 11.5 Å². The maximum absolute atomic E-state index is 11.6. The fraction of sp³-hybridized carbons (Fsp3) is 0.269. The highest BCUT2D eigenvalue weighted by Gasteiger charge is 2.27. The molecule has 3 aromatic carbocycles. The van der Waals surface area contributed by atoms with Gasteiger partial charge in [-0.2, -0.15) is 0 Å². The van der Waals surface area contributed by atoms with Gasteiger partial charge < -0.3 is 19.9 Å². The summed E-state index contributed by atoms with van der Waals surface area (Å²) in [4.78, 5) is 11.6. The monoisotopic (exact) mass is 417 g/mol. The van der Waals surface area contributed by atoms with E-state index in [-0.39, 0.29) is 11.9 Å². The predicted octanol–water partition coefficient (Wildman–Crippen LogP) is 5.33. The first-order chi connectivity index (χ1) is 15.0. The first-order valence-corrected chi connectivity index (χ1v) is 10.4. The van der Waals surface area contributed by atoms with Crippen molar-refractivity contribution in [3.05, 3.63) is 76.9 Å². The van der Waals surface area contributed by atoms with E-state index in [4.69, 9.17) is 9.47 Å². The van der Waals surface area contributed by atoms with E-state index in [9.17, 15) is 9.90 Å². The summed E-state index contributed by atoms with van der Waals surface area (Å²) in [6.07, 6.45) is 0.315. The Morgan fingerprint density at radius 2 is 1.87 bits per heavy atom. The Morgan fingerprint density at radius 1 is 1.13 bits per heavy atom. The number of benzene rings is 3. The molecular formula is C26H27NO4. The lowest BCUT2D eigenvalue weighted by atomic mass is 9.93. The molecule has 1 aliphatic heterocycles. The zero-order chi connectivity index (χ0) is 22.0. The third kappa shape index (κ3) is 4.22. The summed E-state index contributed by atoms with van der Waals surface area (Å²) in [5.41, 5.74) is 6.94. The Labute approximate surface area is 182 Å². The van der Waals surface area contributed by atoms with E-state index in [0.29, 0.717) is 25.3 Å². The van der Waals surface area contributed by atoms with E-state index < -0.39 is 0 Å². The van der Waals surface area contributed by atoms with Gasteiger partial charge in [0.2, 0.25) is 0 Å². The Kier molecular flexibility index (Phi) is 5.85. The molecule has 0 radical (unpaired) electrons. The Morgan fingerprint density at radius 3 is 2.61 bits per heavy atom. The van der Waals surface area contributed by atoms with Gasteiger partial charge in [-0.25, -0.2) is 0 Å². The normalized spacial score (nSPS) is 14.6. The Balaban J connectivity index is 1.51. The number of phenols is 1. The standard InChI is InChI=1S/C26H27NO4/c1-16-6-4-7-17(2)25(16)22-9-5-8-18(26(22)29)14-27-20-10-11-21-19(12-24(28)30-3)15-31-23(21)13-20/h4-11,13,19,27,29H,12,14-15H2,1-3H3/t19-/m1/s1. The molecule has 1 aliphatic rings. The molecular weight excluding hydrogens is 390 g/mol. The van der Waals surface area contributed by atoms with Gasteiger partial charge in [-0.05, 0) is 36.6 Å². The summed E-state index contributed by atoms with van der Waals surface area (Å²) in [6.45, 7) is 5.08. The van der Waals surface area contributed by atoms with Crippen LogP contribution in [0.2, 0.25) is 0 Å². The number of aromatic hydroxyl groups is 1. The number of esters is 1. The van der Waals surface area contributed by atoms with Crippen molar-refractivity contribution >= 4 is 11.7 Å². The van der Waals surface area contributed by atoms with Gasteiger partial charge in [0, 0.05) is 40.9 Å². The van der Waals surface area contributed by atoms with Crippen LogP contribution in [-0.4, -0.2) is 24.8 Å². The first-order valence-electron chi connectivity index (χ1n) is 10.4. The van der Waals surface area contributed by atoms with Crippen LogP contribution in [0.25, 0.3) is 11.1 Å². The summed E-state index contributed by atoms with van der Waals surface area (Å²) in [6, 6.07) is 17.9. The predicted molar refractivity (Wildman–Crippen MR) is 122 cm³/mol. The molecule has 0 amide bonds. The minimum Gasteiger partial charge on any atom is -0.507 e. The highest BCUT2D eigenvalue weighted by molar-refractivity contribution is 5.77. The summed E-state index contributed by atoms with van der Waals surface area (Å²) in [5, 5.41) is 14.3. The molecule has 160 valence electrons. The lowest BCUT2D eigenvalue weighted by Crippen LogP contribution is -2.09. The fourth-order valence-corrected chi connectivity index (χ4v) is 4.21. The number of fused-ring (bicyclic) bond motifs is 1. The number of phenolic OH excluding ortho intramolecular Hbond substituents is 1. The second-order valence-corrected chi connectivity index (χ2v) is 7.97. The van der Waals surface area contributed by atoms with Crippen molar-refractivity contribution in [1.82, 2.24) is 0 Å². The average Bonchev–Trinajstić information content (AvgIpc) is 3.15. The van der Waals surface area contributed by atoms with Crippen molar-refractivity contribution in [3.63, 3.8) is 0 Å². The van der Waals surface area contributed by atoms with Crippen molar-refractivity contribution in [2.45, 2.75) is 32.7 Å². The third-order valence-corrected chi connectivity index (χ3v) is 5.89. The molecule has 4 rings (SSSR count). The van der Waals surface area contributed by atoms with Crippen LogP contribution in [-0.2, 0) is 16.1 Å². The van der Waals surface area contributed by atoms with Gasteiger partial charge in [-0.15, -0.1) is 0 Å². The van der Waals surface area contributed by atoms with Crippen LogP contribution >= 0.6 is 0 Å². The van der Waals surface area contributed by atoms with E-state index in [1.165, 1.54) is 7.11 Å². The lowest BCUT2D eigenvalue weighted by Gasteiger charge is -2.15. The molecule has 0 bridgehead atoms. The number of hydrogen-bond acceptors (Lipinski definition) is 5. The van der Waals surface area contributed by atoms with Crippen LogP contribution in [0, 0.1) is 13.8 Å². The number of carbonyl (C=O) groups is 1. The first kappa shape index (κ1) is 20.8. The van der Waals surface area contributed by atoms with Gasteiger partial charge in [0.05, 0.1) is 20.1 Å². The number of ether oxygens (including phenoxy) is 2. The molecule has 2 N–H and O–H groups in total. The molecule has 0 aromatic heterocycles. The van der Waals surface area contributed by atoms with Gasteiger partial charge in [0.1, 0.15) is 11.5 Å². The number of hydrogen-bond donors (Lipinski definition) is 2. The van der Waals surface area contributed by atoms with E-state index in [0.717, 1.165) is 44.8 Å². The number of nitrogens with one attached hydrogen (secondary N) is 1. The van der Waals surface area contributed by atoms with Gasteiger partial charge in [-0.3, -0.25) is 4.79 Å². The summed E-state index contributed by atoms with van der Waals surface area (Å²) in [7, 11) is 1.40. The van der Waals surface area contributed by atoms with E-state index in [2.05, 4.69) is 31.3 Å².